The highest BCUT2D eigenvalue weighted by atomic mass is 35.5. The SMILES string of the molecule is Cc1nccn1CCOc1nc(N2C[C@H]3C[C@@H](O)[C@@H](C2)N3)c2cnc(-c3cccc4cccc(Cl)c34)c(F)c2n1. The van der Waals surface area contributed by atoms with Crippen molar-refractivity contribution in [3.05, 3.63) is 71.7 Å². The van der Waals surface area contributed by atoms with Crippen molar-refractivity contribution in [3.63, 3.8) is 0 Å². The first kappa shape index (κ1) is 25.1. The molecule has 0 spiro atoms. The number of nitrogens with one attached hydrogen (secondary N) is 1. The molecule has 2 N–H and O–H groups in total. The molecule has 9 nitrogen and oxygen atoms in total. The van der Waals surface area contributed by atoms with E-state index in [4.69, 9.17) is 21.3 Å². The van der Waals surface area contributed by atoms with Gasteiger partial charge in [0, 0.05) is 53.7 Å². The molecule has 0 radical (unpaired) electrons. The van der Waals surface area contributed by atoms with Gasteiger partial charge in [0.1, 0.15) is 29.5 Å². The fourth-order valence-electron chi connectivity index (χ4n) is 5.87. The van der Waals surface area contributed by atoms with Gasteiger partial charge in [0.15, 0.2) is 5.82 Å². The van der Waals surface area contributed by atoms with Crippen LogP contribution < -0.4 is 15.0 Å². The van der Waals surface area contributed by atoms with E-state index in [9.17, 15) is 5.11 Å². The lowest BCUT2D eigenvalue weighted by atomic mass is 10.0. The maximum Gasteiger partial charge on any atom is 0.319 e. The predicted molar refractivity (Wildman–Crippen MR) is 151 cm³/mol. The van der Waals surface area contributed by atoms with Crippen molar-refractivity contribution in [2.75, 3.05) is 24.6 Å². The number of aliphatic hydroxyl groups excluding tert-OH is 1. The molecule has 2 aliphatic heterocycles. The molecule has 2 aromatic carbocycles. The van der Waals surface area contributed by atoms with Crippen molar-refractivity contribution >= 4 is 39.1 Å². The summed E-state index contributed by atoms with van der Waals surface area (Å²) in [6, 6.07) is 11.3. The molecule has 0 aliphatic carbocycles. The van der Waals surface area contributed by atoms with Crippen LogP contribution in [0.2, 0.25) is 5.02 Å². The fourth-order valence-corrected chi connectivity index (χ4v) is 6.16. The minimum Gasteiger partial charge on any atom is -0.461 e. The quantitative estimate of drug-likeness (QED) is 0.320. The van der Waals surface area contributed by atoms with Crippen molar-refractivity contribution < 1.29 is 14.2 Å². The molecule has 7 rings (SSSR count). The third-order valence-corrected chi connectivity index (χ3v) is 8.15. The summed E-state index contributed by atoms with van der Waals surface area (Å²) in [5, 5.41) is 16.5. The Morgan fingerprint density at radius 2 is 2.00 bits per heavy atom. The number of pyridine rings is 1. The van der Waals surface area contributed by atoms with Gasteiger partial charge in [0.25, 0.3) is 0 Å². The number of aromatic nitrogens is 5. The number of halogens is 2. The van der Waals surface area contributed by atoms with Gasteiger partial charge >= 0.3 is 6.01 Å². The average Bonchev–Trinajstić information content (AvgIpc) is 3.48. The smallest absolute Gasteiger partial charge is 0.319 e. The number of ether oxygens (including phenoxy) is 1. The predicted octanol–water partition coefficient (Wildman–Crippen LogP) is 4.13. The van der Waals surface area contributed by atoms with Crippen molar-refractivity contribution in [2.45, 2.75) is 38.1 Å². The molecule has 2 fully saturated rings. The van der Waals surface area contributed by atoms with E-state index in [-0.39, 0.29) is 35.9 Å². The summed E-state index contributed by atoms with van der Waals surface area (Å²) >= 11 is 6.55. The van der Waals surface area contributed by atoms with Crippen LogP contribution in [0.15, 0.2) is 55.0 Å². The maximum absolute atomic E-state index is 16.4. The maximum atomic E-state index is 16.4. The Kier molecular flexibility index (Phi) is 6.25. The highest BCUT2D eigenvalue weighted by molar-refractivity contribution is 6.36. The molecule has 0 unspecified atom stereocenters. The van der Waals surface area contributed by atoms with Crippen LogP contribution in [-0.4, -0.2) is 67.5 Å². The lowest BCUT2D eigenvalue weighted by molar-refractivity contribution is 0.163. The van der Waals surface area contributed by atoms with E-state index in [0.29, 0.717) is 47.8 Å². The molecule has 11 heteroatoms. The van der Waals surface area contributed by atoms with Crippen LogP contribution in [0.4, 0.5) is 10.2 Å². The van der Waals surface area contributed by atoms with E-state index < -0.39 is 11.9 Å². The van der Waals surface area contributed by atoms with Crippen LogP contribution >= 0.6 is 11.6 Å². The van der Waals surface area contributed by atoms with Crippen LogP contribution in [0.5, 0.6) is 6.01 Å². The number of anilines is 1. The van der Waals surface area contributed by atoms with Crippen LogP contribution in [0, 0.1) is 12.7 Å². The van der Waals surface area contributed by atoms with Gasteiger partial charge in [-0.05, 0) is 24.8 Å². The molecule has 3 atom stereocenters. The number of imidazole rings is 1. The summed E-state index contributed by atoms with van der Waals surface area (Å²) in [6.07, 6.45) is 5.46. The number of hydrogen-bond acceptors (Lipinski definition) is 8. The van der Waals surface area contributed by atoms with Gasteiger partial charge in [0.05, 0.1) is 24.1 Å². The molecule has 204 valence electrons. The molecule has 40 heavy (non-hydrogen) atoms. The largest absolute Gasteiger partial charge is 0.461 e. The third-order valence-electron chi connectivity index (χ3n) is 7.84. The summed E-state index contributed by atoms with van der Waals surface area (Å²) in [4.78, 5) is 20.1. The molecule has 2 aliphatic rings. The first-order valence-electron chi connectivity index (χ1n) is 13.3. The van der Waals surface area contributed by atoms with Crippen molar-refractivity contribution in [3.8, 4) is 17.3 Å². The van der Waals surface area contributed by atoms with Crippen molar-refractivity contribution in [1.82, 2.24) is 29.8 Å². The van der Waals surface area contributed by atoms with Crippen LogP contribution in [0.1, 0.15) is 12.2 Å². The molecule has 5 aromatic rings. The molecule has 0 amide bonds. The zero-order valence-corrected chi connectivity index (χ0v) is 22.5. The number of piperazine rings is 1. The van der Waals surface area contributed by atoms with Gasteiger partial charge < -0.3 is 24.6 Å². The lowest BCUT2D eigenvalue weighted by Crippen LogP contribution is -2.53. The van der Waals surface area contributed by atoms with E-state index >= 15 is 4.39 Å². The third kappa shape index (κ3) is 4.32. The number of fused-ring (bicyclic) bond motifs is 4. The van der Waals surface area contributed by atoms with Crippen molar-refractivity contribution in [2.24, 2.45) is 0 Å². The number of hydrogen-bond donors (Lipinski definition) is 2. The van der Waals surface area contributed by atoms with E-state index in [0.717, 1.165) is 16.6 Å². The van der Waals surface area contributed by atoms with E-state index in [1.807, 2.05) is 48.0 Å². The van der Waals surface area contributed by atoms with Gasteiger partial charge in [0.2, 0.25) is 0 Å². The zero-order chi connectivity index (χ0) is 27.4. The lowest BCUT2D eigenvalue weighted by Gasteiger charge is -2.34. The Hall–Kier alpha value is -3.86. The standard InChI is InChI=1S/C29H27ClFN7O2/c1-16-32-8-9-37(16)10-11-40-29-35-27-20(28(36-29)38-14-18-12-23(39)22(15-38)34-18)13-33-26(25(27)31)19-6-2-4-17-5-3-7-21(30)24(17)19/h2-9,13,18,22-23,34,39H,10-12,14-15H2,1H3/t18-,22-,23-/m1/s1. The monoisotopic (exact) mass is 559 g/mol. The van der Waals surface area contributed by atoms with E-state index in [1.54, 1.807) is 18.5 Å². The average molecular weight is 560 g/mol. The zero-order valence-electron chi connectivity index (χ0n) is 21.8. The Balaban J connectivity index is 1.33. The molecule has 3 aromatic heterocycles. The second kappa shape index (κ2) is 9.96. The van der Waals surface area contributed by atoms with Gasteiger partial charge in [-0.25, -0.2) is 9.37 Å². The number of aryl methyl sites for hydroxylation is 1. The second-order valence-corrected chi connectivity index (χ2v) is 10.8. The molecular weight excluding hydrogens is 533 g/mol. The van der Waals surface area contributed by atoms with Gasteiger partial charge in [-0.2, -0.15) is 9.97 Å². The highest BCUT2D eigenvalue weighted by Crippen LogP contribution is 2.38. The minimum atomic E-state index is -0.568. The van der Waals surface area contributed by atoms with Gasteiger partial charge in [-0.1, -0.05) is 41.9 Å². The Morgan fingerprint density at radius 1 is 1.15 bits per heavy atom. The van der Waals surface area contributed by atoms with Gasteiger partial charge in [-0.3, -0.25) is 4.98 Å². The number of nitrogens with zero attached hydrogens (tertiary/aromatic N) is 6. The van der Waals surface area contributed by atoms with Crippen molar-refractivity contribution in [1.29, 1.82) is 0 Å². The topological polar surface area (TPSA) is 101 Å². The summed E-state index contributed by atoms with van der Waals surface area (Å²) in [6.45, 7) is 3.90. The number of aliphatic hydroxyl groups is 1. The van der Waals surface area contributed by atoms with E-state index in [1.165, 1.54) is 0 Å². The summed E-state index contributed by atoms with van der Waals surface area (Å²) in [5.74, 6) is 0.842. The Bertz CT molecular complexity index is 1740. The summed E-state index contributed by atoms with van der Waals surface area (Å²) in [7, 11) is 0. The van der Waals surface area contributed by atoms with Crippen LogP contribution in [0.25, 0.3) is 32.9 Å². The van der Waals surface area contributed by atoms with Crippen LogP contribution in [-0.2, 0) is 6.54 Å². The van der Waals surface area contributed by atoms with E-state index in [2.05, 4.69) is 25.2 Å². The highest BCUT2D eigenvalue weighted by Gasteiger charge is 2.40. The number of rotatable bonds is 6. The first-order chi connectivity index (χ1) is 19.5. The summed E-state index contributed by atoms with van der Waals surface area (Å²) < 4.78 is 24.4. The molecular formula is C29H27ClFN7O2. The minimum absolute atomic E-state index is 0.0821. The van der Waals surface area contributed by atoms with Crippen LogP contribution in [0.3, 0.4) is 0 Å². The molecule has 2 saturated heterocycles. The summed E-state index contributed by atoms with van der Waals surface area (Å²) in [5.41, 5.74) is 0.870. The fraction of sp³-hybridized carbons (Fsp3) is 0.310. The normalized spacial score (nSPS) is 20.5. The molecule has 0 saturated carbocycles. The second-order valence-electron chi connectivity index (χ2n) is 10.4. The Morgan fingerprint density at radius 3 is 2.80 bits per heavy atom. The molecule has 5 heterocycles. The first-order valence-corrected chi connectivity index (χ1v) is 13.7. The molecule has 2 bridgehead atoms. The van der Waals surface area contributed by atoms with Gasteiger partial charge in [-0.15, -0.1) is 0 Å². The number of benzene rings is 2. The Labute approximate surface area is 234 Å².